The summed E-state index contributed by atoms with van der Waals surface area (Å²) in [4.78, 5) is 12.6. The Kier molecular flexibility index (Phi) is 45.9. The SMILES string of the molecule is CCCCCCCCCCCCC/C=C/CCCC(O)C(O)C(CO)NC(=O)C(O)CCCCCCCCCCCC/C=C\CCCCCCCCCCCCCC. The molecule has 0 aromatic carbocycles. The van der Waals surface area contributed by atoms with Crippen molar-refractivity contribution >= 4 is 5.91 Å². The molecule has 0 bridgehead atoms. The van der Waals surface area contributed by atoms with Crippen LogP contribution in [-0.2, 0) is 4.79 Å². The molecule has 0 radical (unpaired) electrons. The zero-order chi connectivity index (χ0) is 42.4. The van der Waals surface area contributed by atoms with Crippen LogP contribution < -0.4 is 5.32 Å². The van der Waals surface area contributed by atoms with Crippen molar-refractivity contribution in [2.24, 2.45) is 0 Å². The fourth-order valence-corrected chi connectivity index (χ4v) is 8.05. The minimum absolute atomic E-state index is 0.363. The maximum absolute atomic E-state index is 12.6. The summed E-state index contributed by atoms with van der Waals surface area (Å²) in [5.74, 6) is -0.592. The molecule has 0 spiro atoms. The van der Waals surface area contributed by atoms with Crippen LogP contribution >= 0.6 is 0 Å². The highest BCUT2D eigenvalue weighted by molar-refractivity contribution is 5.80. The van der Waals surface area contributed by atoms with Crippen molar-refractivity contribution in [3.8, 4) is 0 Å². The van der Waals surface area contributed by atoms with Crippen molar-refractivity contribution in [3.05, 3.63) is 24.3 Å². The molecule has 0 aliphatic heterocycles. The molecular weight excluding hydrogens is 719 g/mol. The van der Waals surface area contributed by atoms with Gasteiger partial charge in [0.15, 0.2) is 0 Å². The Labute approximate surface area is 361 Å². The first kappa shape index (κ1) is 56.8. The first-order valence-corrected chi connectivity index (χ1v) is 25.7. The first-order chi connectivity index (χ1) is 28.5. The smallest absolute Gasteiger partial charge is 0.249 e. The van der Waals surface area contributed by atoms with Crippen molar-refractivity contribution in [3.63, 3.8) is 0 Å². The number of carbonyl (C=O) groups excluding carboxylic acids is 1. The van der Waals surface area contributed by atoms with Crippen LogP contribution in [0.25, 0.3) is 0 Å². The molecule has 0 aromatic heterocycles. The number of carbonyl (C=O) groups is 1. The molecule has 0 rings (SSSR count). The van der Waals surface area contributed by atoms with Gasteiger partial charge in [0.25, 0.3) is 0 Å². The van der Waals surface area contributed by atoms with E-state index in [1.54, 1.807) is 0 Å². The molecule has 0 saturated carbocycles. The van der Waals surface area contributed by atoms with E-state index in [2.05, 4.69) is 43.5 Å². The van der Waals surface area contributed by atoms with Gasteiger partial charge in [-0.3, -0.25) is 4.79 Å². The molecule has 4 atom stereocenters. The molecule has 0 aliphatic rings. The van der Waals surface area contributed by atoms with Gasteiger partial charge in [-0.05, 0) is 64.2 Å². The highest BCUT2D eigenvalue weighted by Crippen LogP contribution is 2.16. The lowest BCUT2D eigenvalue weighted by Gasteiger charge is -2.27. The maximum atomic E-state index is 12.6. The van der Waals surface area contributed by atoms with Crippen molar-refractivity contribution < 1.29 is 25.2 Å². The molecule has 6 heteroatoms. The third-order valence-electron chi connectivity index (χ3n) is 12.1. The number of unbranched alkanes of at least 4 members (excludes halogenated alkanes) is 34. The van der Waals surface area contributed by atoms with Crippen LogP contribution in [-0.4, -0.2) is 57.3 Å². The van der Waals surface area contributed by atoms with Crippen LogP contribution in [0.5, 0.6) is 0 Å². The summed E-state index contributed by atoms with van der Waals surface area (Å²) >= 11 is 0. The zero-order valence-electron chi connectivity index (χ0n) is 38.8. The third-order valence-corrected chi connectivity index (χ3v) is 12.1. The molecule has 0 saturated heterocycles. The highest BCUT2D eigenvalue weighted by atomic mass is 16.3. The first-order valence-electron chi connectivity index (χ1n) is 25.7. The van der Waals surface area contributed by atoms with Crippen LogP contribution in [0.15, 0.2) is 24.3 Å². The van der Waals surface area contributed by atoms with E-state index in [4.69, 9.17) is 0 Å². The molecule has 344 valence electrons. The van der Waals surface area contributed by atoms with E-state index in [1.807, 2.05) is 0 Å². The Bertz CT molecular complexity index is 878. The lowest BCUT2D eigenvalue weighted by Crippen LogP contribution is -2.53. The summed E-state index contributed by atoms with van der Waals surface area (Å²) in [5.41, 5.74) is 0. The lowest BCUT2D eigenvalue weighted by molar-refractivity contribution is -0.132. The third kappa shape index (κ3) is 40.2. The Hall–Kier alpha value is -1.21. The number of nitrogens with one attached hydrogen (secondary N) is 1. The standard InChI is InChI=1S/C52H101NO5/c1-3-5-7-9-11-13-15-17-19-21-22-23-24-25-26-27-28-29-30-32-34-36-38-40-42-44-46-50(56)52(58)53-48(47-54)51(57)49(55)45-43-41-39-37-35-33-31-20-18-16-14-12-10-8-6-4-2/h25-26,37,39,48-51,54-57H,3-24,27-36,38,40-47H2,1-2H3,(H,53,58)/b26-25-,39-37+. The second-order valence-electron chi connectivity index (χ2n) is 17.9. The summed E-state index contributed by atoms with van der Waals surface area (Å²) in [7, 11) is 0. The van der Waals surface area contributed by atoms with Crippen molar-refractivity contribution in [1.82, 2.24) is 5.32 Å². The Morgan fingerprint density at radius 3 is 1.03 bits per heavy atom. The topological polar surface area (TPSA) is 110 Å². The second-order valence-corrected chi connectivity index (χ2v) is 17.9. The number of hydrogen-bond acceptors (Lipinski definition) is 5. The molecule has 0 heterocycles. The molecular formula is C52H101NO5. The normalized spacial score (nSPS) is 14.1. The van der Waals surface area contributed by atoms with E-state index in [9.17, 15) is 25.2 Å². The van der Waals surface area contributed by atoms with E-state index in [0.717, 1.165) is 38.5 Å². The molecule has 1 amide bonds. The monoisotopic (exact) mass is 820 g/mol. The predicted octanol–water partition coefficient (Wildman–Crippen LogP) is 14.3. The van der Waals surface area contributed by atoms with Crippen LogP contribution in [0.1, 0.15) is 271 Å². The van der Waals surface area contributed by atoms with Gasteiger partial charge in [0.2, 0.25) is 5.91 Å². The van der Waals surface area contributed by atoms with Gasteiger partial charge in [0.05, 0.1) is 18.8 Å². The predicted molar refractivity (Wildman–Crippen MR) is 251 cm³/mol. The Morgan fingerprint density at radius 2 is 0.707 bits per heavy atom. The fraction of sp³-hybridized carbons (Fsp3) is 0.904. The van der Waals surface area contributed by atoms with Gasteiger partial charge in [-0.15, -0.1) is 0 Å². The van der Waals surface area contributed by atoms with Gasteiger partial charge >= 0.3 is 0 Å². The largest absolute Gasteiger partial charge is 0.394 e. The van der Waals surface area contributed by atoms with Crippen molar-refractivity contribution in [2.45, 2.75) is 295 Å². The number of amides is 1. The molecule has 0 fully saturated rings. The Morgan fingerprint density at radius 1 is 0.414 bits per heavy atom. The van der Waals surface area contributed by atoms with E-state index < -0.39 is 36.9 Å². The van der Waals surface area contributed by atoms with Gasteiger partial charge in [0.1, 0.15) is 12.2 Å². The van der Waals surface area contributed by atoms with Crippen LogP contribution in [0.2, 0.25) is 0 Å². The van der Waals surface area contributed by atoms with Gasteiger partial charge in [-0.2, -0.15) is 0 Å². The minimum Gasteiger partial charge on any atom is -0.394 e. The molecule has 4 unspecified atom stereocenters. The number of rotatable bonds is 47. The van der Waals surface area contributed by atoms with Gasteiger partial charge < -0.3 is 25.7 Å². The van der Waals surface area contributed by atoms with Crippen LogP contribution in [0.4, 0.5) is 0 Å². The average Bonchev–Trinajstić information content (AvgIpc) is 3.23. The maximum Gasteiger partial charge on any atom is 0.249 e. The number of allylic oxidation sites excluding steroid dienone is 4. The average molecular weight is 820 g/mol. The fourth-order valence-electron chi connectivity index (χ4n) is 8.05. The van der Waals surface area contributed by atoms with Crippen LogP contribution in [0, 0.1) is 0 Å². The van der Waals surface area contributed by atoms with E-state index >= 15 is 0 Å². The molecule has 0 aromatic rings. The highest BCUT2D eigenvalue weighted by Gasteiger charge is 2.28. The summed E-state index contributed by atoms with van der Waals surface area (Å²) in [6.45, 7) is 4.06. The quantitative estimate of drug-likeness (QED) is 0.0310. The Balaban J connectivity index is 3.67. The summed E-state index contributed by atoms with van der Waals surface area (Å²) in [5, 5.41) is 43.8. The van der Waals surface area contributed by atoms with E-state index in [-0.39, 0.29) is 0 Å². The van der Waals surface area contributed by atoms with Gasteiger partial charge in [0, 0.05) is 0 Å². The zero-order valence-corrected chi connectivity index (χ0v) is 38.8. The molecule has 5 N–H and O–H groups in total. The number of aliphatic hydroxyl groups is 4. The second kappa shape index (κ2) is 46.8. The van der Waals surface area contributed by atoms with Crippen molar-refractivity contribution in [1.29, 1.82) is 0 Å². The molecule has 0 aliphatic carbocycles. The number of hydrogen-bond donors (Lipinski definition) is 5. The van der Waals surface area contributed by atoms with E-state index in [1.165, 1.54) is 205 Å². The molecule has 58 heavy (non-hydrogen) atoms. The van der Waals surface area contributed by atoms with Gasteiger partial charge in [-0.1, -0.05) is 231 Å². The van der Waals surface area contributed by atoms with Gasteiger partial charge in [-0.25, -0.2) is 0 Å². The molecule has 6 nitrogen and oxygen atoms in total. The lowest BCUT2D eigenvalue weighted by atomic mass is 10.00. The number of aliphatic hydroxyl groups excluding tert-OH is 4. The van der Waals surface area contributed by atoms with E-state index in [0.29, 0.717) is 12.8 Å². The summed E-state index contributed by atoms with van der Waals surface area (Å²) < 4.78 is 0. The van der Waals surface area contributed by atoms with Crippen LogP contribution in [0.3, 0.4) is 0 Å². The minimum atomic E-state index is -1.28. The van der Waals surface area contributed by atoms with Crippen molar-refractivity contribution in [2.75, 3.05) is 6.61 Å². The summed E-state index contributed by atoms with van der Waals surface area (Å²) in [6.07, 6.45) is 55.2. The summed E-state index contributed by atoms with van der Waals surface area (Å²) in [6, 6.07) is -1.00.